The van der Waals surface area contributed by atoms with Crippen LogP contribution >= 0.6 is 0 Å². The number of amides is 2. The number of carbonyl (C=O) groups excluding carboxylic acids is 1. The molecule has 1 saturated heterocycles. The minimum absolute atomic E-state index is 0.0201. The van der Waals surface area contributed by atoms with Crippen LogP contribution < -0.4 is 5.32 Å². The van der Waals surface area contributed by atoms with Gasteiger partial charge in [-0.15, -0.1) is 0 Å². The first-order valence-electron chi connectivity index (χ1n) is 7.66. The van der Waals surface area contributed by atoms with Gasteiger partial charge in [-0.1, -0.05) is 45.0 Å². The monoisotopic (exact) mass is 290 g/mol. The van der Waals surface area contributed by atoms with E-state index in [1.807, 2.05) is 0 Å². The van der Waals surface area contributed by atoms with Gasteiger partial charge in [-0.2, -0.15) is 0 Å². The summed E-state index contributed by atoms with van der Waals surface area (Å²) in [6.07, 6.45) is 1.86. The third-order valence-electron chi connectivity index (χ3n) is 4.11. The minimum atomic E-state index is -0.0774. The van der Waals surface area contributed by atoms with Crippen molar-refractivity contribution >= 4 is 6.03 Å². The average molecular weight is 290 g/mol. The van der Waals surface area contributed by atoms with Gasteiger partial charge in [-0.05, 0) is 29.4 Å². The van der Waals surface area contributed by atoms with Gasteiger partial charge >= 0.3 is 6.03 Å². The zero-order chi connectivity index (χ0) is 15.5. The quantitative estimate of drug-likeness (QED) is 0.899. The standard InChI is InChI=1S/C17H26N2O2/c1-17(2,3)14-8-6-13(7-9-14)11-18-16(21)19-10-4-5-15(19)12-20/h6-9,15,20H,4-5,10-12H2,1-3H3,(H,18,21)/t15-/m0/s1. The smallest absolute Gasteiger partial charge is 0.317 e. The lowest BCUT2D eigenvalue weighted by atomic mass is 9.87. The van der Waals surface area contributed by atoms with Crippen molar-refractivity contribution in [3.05, 3.63) is 35.4 Å². The maximum absolute atomic E-state index is 12.1. The highest BCUT2D eigenvalue weighted by atomic mass is 16.3. The zero-order valence-electron chi connectivity index (χ0n) is 13.2. The van der Waals surface area contributed by atoms with Crippen LogP contribution in [0, 0.1) is 0 Å². The van der Waals surface area contributed by atoms with Crippen molar-refractivity contribution in [3.8, 4) is 0 Å². The van der Waals surface area contributed by atoms with E-state index in [1.165, 1.54) is 5.56 Å². The molecule has 0 aliphatic carbocycles. The van der Waals surface area contributed by atoms with E-state index in [0.717, 1.165) is 24.9 Å². The molecule has 2 amide bonds. The number of aliphatic hydroxyl groups is 1. The van der Waals surface area contributed by atoms with Gasteiger partial charge < -0.3 is 15.3 Å². The third-order valence-corrected chi connectivity index (χ3v) is 4.11. The van der Waals surface area contributed by atoms with Crippen LogP contribution in [0.25, 0.3) is 0 Å². The van der Waals surface area contributed by atoms with E-state index >= 15 is 0 Å². The van der Waals surface area contributed by atoms with Crippen LogP contribution in [0.5, 0.6) is 0 Å². The Kier molecular flexibility index (Phi) is 4.88. The van der Waals surface area contributed by atoms with E-state index in [0.29, 0.717) is 6.54 Å². The third kappa shape index (κ3) is 3.97. The largest absolute Gasteiger partial charge is 0.394 e. The number of hydrogen-bond acceptors (Lipinski definition) is 2. The maximum Gasteiger partial charge on any atom is 0.317 e. The molecule has 4 nitrogen and oxygen atoms in total. The summed E-state index contributed by atoms with van der Waals surface area (Å²) in [5.74, 6) is 0. The van der Waals surface area contributed by atoms with E-state index in [9.17, 15) is 9.90 Å². The second kappa shape index (κ2) is 6.48. The number of urea groups is 1. The fourth-order valence-electron chi connectivity index (χ4n) is 2.69. The molecule has 116 valence electrons. The Morgan fingerprint density at radius 1 is 1.33 bits per heavy atom. The summed E-state index contributed by atoms with van der Waals surface area (Å²) in [6.45, 7) is 7.87. The van der Waals surface area contributed by atoms with Crippen molar-refractivity contribution in [3.63, 3.8) is 0 Å². The molecule has 1 fully saturated rings. The predicted molar refractivity (Wildman–Crippen MR) is 84.2 cm³/mol. The number of aliphatic hydroxyl groups excluding tert-OH is 1. The molecule has 1 aromatic carbocycles. The molecule has 0 saturated carbocycles. The summed E-state index contributed by atoms with van der Waals surface area (Å²) in [5.41, 5.74) is 2.53. The highest BCUT2D eigenvalue weighted by Crippen LogP contribution is 2.22. The van der Waals surface area contributed by atoms with Gasteiger partial charge in [-0.3, -0.25) is 0 Å². The van der Waals surface area contributed by atoms with E-state index in [4.69, 9.17) is 0 Å². The number of hydrogen-bond donors (Lipinski definition) is 2. The van der Waals surface area contributed by atoms with E-state index in [2.05, 4.69) is 50.4 Å². The number of benzene rings is 1. The molecule has 2 N–H and O–H groups in total. The topological polar surface area (TPSA) is 52.6 Å². The summed E-state index contributed by atoms with van der Waals surface area (Å²) in [7, 11) is 0. The number of rotatable bonds is 3. The molecule has 0 aromatic heterocycles. The van der Waals surface area contributed by atoms with Gasteiger partial charge in [0.15, 0.2) is 0 Å². The fraction of sp³-hybridized carbons (Fsp3) is 0.588. The molecule has 4 heteroatoms. The molecular weight excluding hydrogens is 264 g/mol. The molecule has 1 aliphatic heterocycles. The second-order valence-electron chi connectivity index (χ2n) is 6.78. The van der Waals surface area contributed by atoms with E-state index in [-0.39, 0.29) is 24.1 Å². The van der Waals surface area contributed by atoms with Crippen molar-refractivity contribution in [2.75, 3.05) is 13.2 Å². The Bertz CT molecular complexity index is 477. The number of nitrogens with zero attached hydrogens (tertiary/aromatic N) is 1. The van der Waals surface area contributed by atoms with Crippen LogP contribution in [0.1, 0.15) is 44.7 Å². The van der Waals surface area contributed by atoms with Crippen molar-refractivity contribution in [2.24, 2.45) is 0 Å². The summed E-state index contributed by atoms with van der Waals surface area (Å²) in [5, 5.41) is 12.2. The number of likely N-dealkylation sites (tertiary alicyclic amines) is 1. The lowest BCUT2D eigenvalue weighted by Gasteiger charge is -2.23. The Hall–Kier alpha value is -1.55. The Balaban J connectivity index is 1.89. The number of nitrogens with one attached hydrogen (secondary N) is 1. The van der Waals surface area contributed by atoms with Crippen LogP contribution in [0.3, 0.4) is 0 Å². The summed E-state index contributed by atoms with van der Waals surface area (Å²) in [6, 6.07) is 8.27. The molecule has 1 heterocycles. The first-order chi connectivity index (χ1) is 9.91. The van der Waals surface area contributed by atoms with Gasteiger partial charge in [0, 0.05) is 13.1 Å². The molecule has 1 aliphatic rings. The molecule has 0 radical (unpaired) electrons. The van der Waals surface area contributed by atoms with E-state index in [1.54, 1.807) is 4.90 Å². The van der Waals surface area contributed by atoms with Gasteiger partial charge in [0.1, 0.15) is 0 Å². The first kappa shape index (κ1) is 15.8. The Morgan fingerprint density at radius 3 is 2.57 bits per heavy atom. The van der Waals surface area contributed by atoms with Crippen LogP contribution in [0.15, 0.2) is 24.3 Å². The lowest BCUT2D eigenvalue weighted by molar-refractivity contribution is 0.157. The highest BCUT2D eigenvalue weighted by Gasteiger charge is 2.27. The zero-order valence-corrected chi connectivity index (χ0v) is 13.2. The average Bonchev–Trinajstić information content (AvgIpc) is 2.92. The Labute approximate surface area is 127 Å². The van der Waals surface area contributed by atoms with Crippen LogP contribution in [-0.4, -0.2) is 35.2 Å². The van der Waals surface area contributed by atoms with Crippen molar-refractivity contribution in [1.29, 1.82) is 0 Å². The maximum atomic E-state index is 12.1. The molecule has 2 rings (SSSR count). The molecular formula is C17H26N2O2. The van der Waals surface area contributed by atoms with Gasteiger partial charge in [0.05, 0.1) is 12.6 Å². The van der Waals surface area contributed by atoms with Crippen LogP contribution in [0.4, 0.5) is 4.79 Å². The molecule has 0 spiro atoms. The summed E-state index contributed by atoms with van der Waals surface area (Å²) in [4.78, 5) is 13.9. The van der Waals surface area contributed by atoms with Crippen molar-refractivity contribution in [2.45, 2.75) is 51.6 Å². The summed E-state index contributed by atoms with van der Waals surface area (Å²) < 4.78 is 0. The SMILES string of the molecule is CC(C)(C)c1ccc(CNC(=O)N2CCC[C@H]2CO)cc1. The van der Waals surface area contributed by atoms with Gasteiger partial charge in [-0.25, -0.2) is 4.79 Å². The Morgan fingerprint density at radius 2 is 2.00 bits per heavy atom. The highest BCUT2D eigenvalue weighted by molar-refractivity contribution is 5.74. The molecule has 0 bridgehead atoms. The van der Waals surface area contributed by atoms with Gasteiger partial charge in [0.25, 0.3) is 0 Å². The van der Waals surface area contributed by atoms with Crippen molar-refractivity contribution < 1.29 is 9.90 Å². The molecule has 1 atom stereocenters. The second-order valence-corrected chi connectivity index (χ2v) is 6.78. The van der Waals surface area contributed by atoms with E-state index < -0.39 is 0 Å². The minimum Gasteiger partial charge on any atom is -0.394 e. The van der Waals surface area contributed by atoms with Gasteiger partial charge in [0.2, 0.25) is 0 Å². The number of carbonyl (C=O) groups is 1. The first-order valence-corrected chi connectivity index (χ1v) is 7.66. The predicted octanol–water partition coefficient (Wildman–Crippen LogP) is 2.65. The normalized spacial score (nSPS) is 18.9. The van der Waals surface area contributed by atoms with Crippen LogP contribution in [0.2, 0.25) is 0 Å². The molecule has 21 heavy (non-hydrogen) atoms. The molecule has 0 unspecified atom stereocenters. The van der Waals surface area contributed by atoms with Crippen molar-refractivity contribution in [1.82, 2.24) is 10.2 Å². The lowest BCUT2D eigenvalue weighted by Crippen LogP contribution is -2.43. The molecule has 1 aromatic rings. The van der Waals surface area contributed by atoms with Crippen LogP contribution in [-0.2, 0) is 12.0 Å². The summed E-state index contributed by atoms with van der Waals surface area (Å²) >= 11 is 0. The fourth-order valence-corrected chi connectivity index (χ4v) is 2.69.